The normalized spacial score (nSPS) is 11.9. The lowest BCUT2D eigenvalue weighted by Crippen LogP contribution is -2.42. The molecule has 2 aromatic rings. The fourth-order valence-corrected chi connectivity index (χ4v) is 4.72. The molecule has 2 N–H and O–H groups in total. The number of methoxy groups -OCH3 is 1. The maximum absolute atomic E-state index is 13.3. The molecule has 0 aliphatic heterocycles. The summed E-state index contributed by atoms with van der Waals surface area (Å²) in [6.07, 6.45) is 0. The molecular weight excluding hydrogens is 400 g/mol. The molecule has 0 saturated carbocycles. The van der Waals surface area contributed by atoms with E-state index >= 15 is 0 Å². The maximum atomic E-state index is 13.3. The van der Waals surface area contributed by atoms with Gasteiger partial charge in [0.05, 0.1) is 12.0 Å². The van der Waals surface area contributed by atoms with Crippen LogP contribution in [0.5, 0.6) is 5.75 Å². The van der Waals surface area contributed by atoms with Crippen molar-refractivity contribution >= 4 is 15.9 Å². The number of hydrazine groups is 1. The van der Waals surface area contributed by atoms with Crippen molar-refractivity contribution in [3.8, 4) is 5.75 Å². The summed E-state index contributed by atoms with van der Waals surface area (Å²) in [7, 11) is -2.44. The van der Waals surface area contributed by atoms with E-state index in [2.05, 4.69) is 24.1 Å². The SMILES string of the molecule is COc1ccc(C(=O)NNS(=O)(=O)c2c(C(C)C)cc(C(C)C)cc2C(C)C)cc1. The summed E-state index contributed by atoms with van der Waals surface area (Å²) < 4.78 is 31.6. The maximum Gasteiger partial charge on any atom is 0.266 e. The quantitative estimate of drug-likeness (QED) is 0.593. The molecule has 2 aromatic carbocycles. The molecule has 30 heavy (non-hydrogen) atoms. The number of sulfonamides is 1. The van der Waals surface area contributed by atoms with Gasteiger partial charge in [-0.2, -0.15) is 0 Å². The molecule has 0 aromatic heterocycles. The highest BCUT2D eigenvalue weighted by molar-refractivity contribution is 7.89. The molecule has 6 nitrogen and oxygen atoms in total. The third kappa shape index (κ3) is 5.40. The highest BCUT2D eigenvalue weighted by Crippen LogP contribution is 2.34. The van der Waals surface area contributed by atoms with Gasteiger partial charge in [-0.25, -0.2) is 8.42 Å². The Hall–Kier alpha value is -2.38. The second kappa shape index (κ2) is 9.62. The Kier molecular flexibility index (Phi) is 7.66. The smallest absolute Gasteiger partial charge is 0.266 e. The van der Waals surface area contributed by atoms with E-state index in [0.29, 0.717) is 11.3 Å². The fourth-order valence-electron chi connectivity index (χ4n) is 3.18. The molecule has 1 amide bonds. The van der Waals surface area contributed by atoms with E-state index in [1.165, 1.54) is 7.11 Å². The van der Waals surface area contributed by atoms with Crippen LogP contribution in [0.15, 0.2) is 41.3 Å². The standard InChI is InChI=1S/C23H32N2O4S/c1-14(2)18-12-20(15(3)4)22(21(13-18)16(5)6)30(27,28)25-24-23(26)17-8-10-19(29-7)11-9-17/h8-16,25H,1-7H3,(H,24,26). The summed E-state index contributed by atoms with van der Waals surface area (Å²) in [6, 6.07) is 10.3. The zero-order valence-electron chi connectivity index (χ0n) is 18.7. The number of hydrogen-bond donors (Lipinski definition) is 2. The van der Waals surface area contributed by atoms with Crippen LogP contribution in [-0.4, -0.2) is 21.4 Å². The predicted molar refractivity (Wildman–Crippen MR) is 119 cm³/mol. The summed E-state index contributed by atoms with van der Waals surface area (Å²) in [6.45, 7) is 12.1. The van der Waals surface area contributed by atoms with Gasteiger partial charge in [0.1, 0.15) is 5.75 Å². The molecule has 7 heteroatoms. The molecule has 2 rings (SSSR count). The van der Waals surface area contributed by atoms with Crippen LogP contribution in [0.1, 0.15) is 86.3 Å². The summed E-state index contributed by atoms with van der Waals surface area (Å²) in [5.74, 6) is 0.354. The molecular formula is C23H32N2O4S. The summed E-state index contributed by atoms with van der Waals surface area (Å²) in [4.78, 5) is 14.9. The Labute approximate surface area is 180 Å². The molecule has 0 heterocycles. The molecule has 0 radical (unpaired) electrons. The first-order valence-electron chi connectivity index (χ1n) is 10.1. The van der Waals surface area contributed by atoms with Crippen LogP contribution in [0.2, 0.25) is 0 Å². The molecule has 0 aliphatic rings. The predicted octanol–water partition coefficient (Wildman–Crippen LogP) is 4.69. The number of hydrogen-bond acceptors (Lipinski definition) is 4. The minimum Gasteiger partial charge on any atom is -0.497 e. The largest absolute Gasteiger partial charge is 0.497 e. The van der Waals surface area contributed by atoms with Gasteiger partial charge in [0.2, 0.25) is 0 Å². The zero-order chi connectivity index (χ0) is 22.6. The Morgan fingerprint density at radius 2 is 1.37 bits per heavy atom. The molecule has 0 atom stereocenters. The Balaban J connectivity index is 2.41. The van der Waals surface area contributed by atoms with Crippen molar-refractivity contribution in [2.24, 2.45) is 0 Å². The highest BCUT2D eigenvalue weighted by Gasteiger charge is 2.27. The van der Waals surface area contributed by atoms with Gasteiger partial charge < -0.3 is 4.74 Å². The number of benzene rings is 2. The Bertz CT molecular complexity index is 965. The molecule has 0 unspecified atom stereocenters. The molecule has 0 fully saturated rings. The van der Waals surface area contributed by atoms with Crippen molar-refractivity contribution in [1.82, 2.24) is 10.3 Å². The lowest BCUT2D eigenvalue weighted by molar-refractivity contribution is 0.0945. The van der Waals surface area contributed by atoms with E-state index in [9.17, 15) is 13.2 Å². The minimum atomic E-state index is -3.98. The second-order valence-electron chi connectivity index (χ2n) is 8.28. The third-order valence-electron chi connectivity index (χ3n) is 5.00. The first kappa shape index (κ1) is 23.9. The Morgan fingerprint density at radius 3 is 1.77 bits per heavy atom. The van der Waals surface area contributed by atoms with Gasteiger partial charge in [0, 0.05) is 5.56 Å². The average molecular weight is 433 g/mol. The molecule has 0 bridgehead atoms. The van der Waals surface area contributed by atoms with Gasteiger partial charge >= 0.3 is 0 Å². The zero-order valence-corrected chi connectivity index (χ0v) is 19.6. The molecule has 0 saturated heterocycles. The van der Waals surface area contributed by atoms with Gasteiger partial charge in [-0.05, 0) is 58.7 Å². The third-order valence-corrected chi connectivity index (χ3v) is 6.38. The fraction of sp³-hybridized carbons (Fsp3) is 0.435. The van der Waals surface area contributed by atoms with Crippen molar-refractivity contribution in [2.75, 3.05) is 7.11 Å². The van der Waals surface area contributed by atoms with Crippen LogP contribution in [0.3, 0.4) is 0 Å². The topological polar surface area (TPSA) is 84.5 Å². The van der Waals surface area contributed by atoms with E-state index in [1.54, 1.807) is 24.3 Å². The molecule has 0 spiro atoms. The lowest BCUT2D eigenvalue weighted by atomic mass is 9.89. The van der Waals surface area contributed by atoms with Crippen LogP contribution in [0, 0.1) is 0 Å². The van der Waals surface area contributed by atoms with Crippen LogP contribution >= 0.6 is 0 Å². The van der Waals surface area contributed by atoms with E-state index in [4.69, 9.17) is 4.74 Å². The summed E-state index contributed by atoms with van der Waals surface area (Å²) in [5.41, 5.74) is 5.24. The van der Waals surface area contributed by atoms with Crippen LogP contribution < -0.4 is 15.0 Å². The van der Waals surface area contributed by atoms with Gasteiger partial charge in [-0.15, -0.1) is 4.83 Å². The molecule has 164 valence electrons. The number of rotatable bonds is 8. The van der Waals surface area contributed by atoms with Crippen molar-refractivity contribution in [3.63, 3.8) is 0 Å². The number of amides is 1. The number of nitrogens with one attached hydrogen (secondary N) is 2. The van der Waals surface area contributed by atoms with Crippen LogP contribution in [0.4, 0.5) is 0 Å². The van der Waals surface area contributed by atoms with Crippen molar-refractivity contribution < 1.29 is 17.9 Å². The number of ether oxygens (including phenoxy) is 1. The van der Waals surface area contributed by atoms with Crippen LogP contribution in [-0.2, 0) is 10.0 Å². The van der Waals surface area contributed by atoms with Crippen molar-refractivity contribution in [1.29, 1.82) is 0 Å². The van der Waals surface area contributed by atoms with Gasteiger partial charge in [-0.1, -0.05) is 53.7 Å². The Morgan fingerprint density at radius 1 is 0.867 bits per heavy atom. The second-order valence-corrected chi connectivity index (χ2v) is 9.90. The minimum absolute atomic E-state index is 0.00469. The van der Waals surface area contributed by atoms with Crippen molar-refractivity contribution in [3.05, 3.63) is 58.7 Å². The van der Waals surface area contributed by atoms with Crippen LogP contribution in [0.25, 0.3) is 0 Å². The first-order valence-corrected chi connectivity index (χ1v) is 11.6. The molecule has 0 aliphatic carbocycles. The monoisotopic (exact) mass is 432 g/mol. The van der Waals surface area contributed by atoms with E-state index in [0.717, 1.165) is 16.7 Å². The number of carbonyl (C=O) groups excluding carboxylic acids is 1. The first-order chi connectivity index (χ1) is 14.0. The van der Waals surface area contributed by atoms with E-state index in [1.807, 2.05) is 39.8 Å². The van der Waals surface area contributed by atoms with E-state index in [-0.39, 0.29) is 22.6 Å². The van der Waals surface area contributed by atoms with Gasteiger partial charge in [0.25, 0.3) is 15.9 Å². The average Bonchev–Trinajstić information content (AvgIpc) is 2.70. The summed E-state index contributed by atoms with van der Waals surface area (Å²) >= 11 is 0. The lowest BCUT2D eigenvalue weighted by Gasteiger charge is -2.23. The van der Waals surface area contributed by atoms with Gasteiger partial charge in [-0.3, -0.25) is 10.2 Å². The summed E-state index contributed by atoms with van der Waals surface area (Å²) in [5, 5.41) is 0. The van der Waals surface area contributed by atoms with Crippen molar-refractivity contribution in [2.45, 2.75) is 64.2 Å². The van der Waals surface area contributed by atoms with Gasteiger partial charge in [0.15, 0.2) is 0 Å². The highest BCUT2D eigenvalue weighted by atomic mass is 32.2. The van der Waals surface area contributed by atoms with E-state index < -0.39 is 15.9 Å². The number of carbonyl (C=O) groups is 1.